The van der Waals surface area contributed by atoms with Crippen molar-refractivity contribution in [3.63, 3.8) is 0 Å². The average Bonchev–Trinajstić information content (AvgIpc) is 3.04. The van der Waals surface area contributed by atoms with E-state index >= 15 is 0 Å². The molecule has 0 unspecified atom stereocenters. The van der Waals surface area contributed by atoms with Crippen LogP contribution in [0.3, 0.4) is 0 Å². The molecule has 0 amide bonds. The van der Waals surface area contributed by atoms with E-state index in [1.807, 2.05) is 50.6 Å². The number of anilines is 1. The molecule has 8 nitrogen and oxygen atoms in total. The van der Waals surface area contributed by atoms with Gasteiger partial charge < -0.3 is 20.4 Å². The fourth-order valence-electron chi connectivity index (χ4n) is 2.59. The number of fused-ring (bicyclic) bond motifs is 3. The van der Waals surface area contributed by atoms with Crippen molar-refractivity contribution >= 4 is 28.2 Å². The third-order valence-electron chi connectivity index (χ3n) is 3.77. The number of nitrogens with two attached hydrogens (primary N) is 2. The molecule has 24 heavy (non-hydrogen) atoms. The molecule has 0 bridgehead atoms. The van der Waals surface area contributed by atoms with Crippen LogP contribution in [0, 0.1) is 0 Å². The minimum Gasteiger partial charge on any atom is -0.367 e. The van der Waals surface area contributed by atoms with Crippen molar-refractivity contribution in [1.29, 1.82) is 0 Å². The molecule has 3 rings (SSSR count). The van der Waals surface area contributed by atoms with E-state index in [-0.39, 0.29) is 5.84 Å². The standard InChI is InChI=1S/C16H20N8/c1-23(2)9-7-19-16-14-4-3-8-24(14)13-6-5-11(10-12(13)20-16)15(17)21-22-18/h3-6,8,10H,7,9H2,1-2H3,(H,19,20)(H3,17,18,21)/p+1. The zero-order valence-corrected chi connectivity index (χ0v) is 13.8. The second-order valence-electron chi connectivity index (χ2n) is 5.76. The van der Waals surface area contributed by atoms with Crippen LogP contribution in [0.1, 0.15) is 5.56 Å². The molecule has 0 fully saturated rings. The van der Waals surface area contributed by atoms with Crippen molar-refractivity contribution in [2.75, 3.05) is 32.5 Å². The van der Waals surface area contributed by atoms with E-state index < -0.39 is 0 Å². The predicted molar refractivity (Wildman–Crippen MR) is 94.8 cm³/mol. The Labute approximate surface area is 139 Å². The van der Waals surface area contributed by atoms with E-state index in [2.05, 4.69) is 24.9 Å². The van der Waals surface area contributed by atoms with Crippen LogP contribution >= 0.6 is 0 Å². The number of likely N-dealkylation sites (N-methyl/N-ethyl adjacent to an activating group) is 1. The Hall–Kier alpha value is -3.00. The SMILES string of the molecule is CN(C)CCNc1nc2cc(/C(N)=N/N=[NH2+])ccc2n2cccc12. The number of hydrogen-bond donors (Lipinski definition) is 3. The van der Waals surface area contributed by atoms with Gasteiger partial charge in [-0.15, -0.1) is 0 Å². The summed E-state index contributed by atoms with van der Waals surface area (Å²) in [6, 6.07) is 9.78. The molecule has 0 saturated heterocycles. The Kier molecular flexibility index (Phi) is 4.39. The molecular formula is C16H21N8+. The Morgan fingerprint density at radius 1 is 1.33 bits per heavy atom. The van der Waals surface area contributed by atoms with Crippen LogP contribution < -0.4 is 16.6 Å². The fraction of sp³-hybridized carbons (Fsp3) is 0.250. The summed E-state index contributed by atoms with van der Waals surface area (Å²) in [5.41, 5.74) is 14.5. The summed E-state index contributed by atoms with van der Waals surface area (Å²) in [5.74, 6) is 1.10. The summed E-state index contributed by atoms with van der Waals surface area (Å²) in [6.07, 6.45) is 2.02. The van der Waals surface area contributed by atoms with Crippen molar-refractivity contribution in [2.45, 2.75) is 0 Å². The lowest BCUT2D eigenvalue weighted by atomic mass is 10.1. The highest BCUT2D eigenvalue weighted by atomic mass is 15.3. The second kappa shape index (κ2) is 6.63. The van der Waals surface area contributed by atoms with Crippen LogP contribution in [0.25, 0.3) is 16.6 Å². The molecule has 1 aromatic carbocycles. The molecule has 124 valence electrons. The molecule has 0 aliphatic heterocycles. The van der Waals surface area contributed by atoms with Crippen molar-refractivity contribution in [3.05, 3.63) is 42.1 Å². The van der Waals surface area contributed by atoms with Crippen molar-refractivity contribution in [1.82, 2.24) is 14.3 Å². The molecule has 0 aliphatic carbocycles. The summed E-state index contributed by atoms with van der Waals surface area (Å²) in [6.45, 7) is 1.73. The number of amidine groups is 1. The molecular weight excluding hydrogens is 304 g/mol. The molecule has 2 heterocycles. The largest absolute Gasteiger partial charge is 0.367 e. The normalized spacial score (nSPS) is 12.2. The van der Waals surface area contributed by atoms with Crippen LogP contribution in [-0.4, -0.2) is 47.3 Å². The van der Waals surface area contributed by atoms with Gasteiger partial charge in [0.15, 0.2) is 5.82 Å². The highest BCUT2D eigenvalue weighted by Gasteiger charge is 2.11. The van der Waals surface area contributed by atoms with E-state index in [1.54, 1.807) is 0 Å². The molecule has 2 aromatic heterocycles. The topological polar surface area (TPSA) is 109 Å². The fourth-order valence-corrected chi connectivity index (χ4v) is 2.59. The van der Waals surface area contributed by atoms with E-state index in [9.17, 15) is 0 Å². The number of rotatable bonds is 6. The molecule has 0 spiro atoms. The number of benzene rings is 1. The van der Waals surface area contributed by atoms with Crippen LogP contribution in [0.15, 0.2) is 46.9 Å². The Morgan fingerprint density at radius 3 is 2.92 bits per heavy atom. The maximum atomic E-state index is 5.86. The highest BCUT2D eigenvalue weighted by Crippen LogP contribution is 2.23. The highest BCUT2D eigenvalue weighted by molar-refractivity contribution is 6.00. The second-order valence-corrected chi connectivity index (χ2v) is 5.76. The van der Waals surface area contributed by atoms with Gasteiger partial charge in [0.1, 0.15) is 5.22 Å². The molecule has 0 aliphatic rings. The van der Waals surface area contributed by atoms with Gasteiger partial charge in [-0.3, -0.25) is 0 Å². The summed E-state index contributed by atoms with van der Waals surface area (Å²) >= 11 is 0. The predicted octanol–water partition coefficient (Wildman–Crippen LogP) is 0.293. The first-order valence-electron chi connectivity index (χ1n) is 7.63. The van der Waals surface area contributed by atoms with Gasteiger partial charge in [-0.2, -0.15) is 5.53 Å². The molecule has 0 radical (unpaired) electrons. The zero-order valence-electron chi connectivity index (χ0n) is 13.8. The van der Waals surface area contributed by atoms with E-state index in [0.717, 1.165) is 41.0 Å². The first-order valence-corrected chi connectivity index (χ1v) is 7.63. The molecule has 0 atom stereocenters. The summed E-state index contributed by atoms with van der Waals surface area (Å²) in [7, 11) is 4.08. The van der Waals surface area contributed by atoms with E-state index in [0.29, 0.717) is 0 Å². The maximum absolute atomic E-state index is 5.86. The van der Waals surface area contributed by atoms with Crippen molar-refractivity contribution < 1.29 is 5.53 Å². The first-order chi connectivity index (χ1) is 11.6. The maximum Gasteiger partial charge on any atom is 0.273 e. The Balaban J connectivity index is 2.07. The Bertz CT molecular complexity index is 909. The van der Waals surface area contributed by atoms with Gasteiger partial charge in [-0.05, 0) is 44.4 Å². The van der Waals surface area contributed by atoms with Gasteiger partial charge in [0.2, 0.25) is 0 Å². The van der Waals surface area contributed by atoms with Crippen LogP contribution in [0.5, 0.6) is 0 Å². The summed E-state index contributed by atoms with van der Waals surface area (Å²) in [4.78, 5) is 6.87. The number of aromatic nitrogens is 2. The van der Waals surface area contributed by atoms with Crippen molar-refractivity contribution in [2.24, 2.45) is 16.1 Å². The zero-order chi connectivity index (χ0) is 17.1. The van der Waals surface area contributed by atoms with E-state index in [4.69, 9.17) is 16.2 Å². The average molecular weight is 325 g/mol. The van der Waals surface area contributed by atoms with Gasteiger partial charge in [-0.25, -0.2) is 4.98 Å². The lowest BCUT2D eigenvalue weighted by Gasteiger charge is -2.13. The van der Waals surface area contributed by atoms with Gasteiger partial charge in [0.25, 0.3) is 5.84 Å². The van der Waals surface area contributed by atoms with Gasteiger partial charge >= 0.3 is 0 Å². The lowest BCUT2D eigenvalue weighted by Crippen LogP contribution is -2.24. The summed E-state index contributed by atoms with van der Waals surface area (Å²) < 4.78 is 2.10. The van der Waals surface area contributed by atoms with Gasteiger partial charge in [0.05, 0.1) is 21.7 Å². The third kappa shape index (κ3) is 3.04. The number of nitrogens with one attached hydrogen (secondary N) is 1. The Morgan fingerprint density at radius 2 is 2.17 bits per heavy atom. The monoisotopic (exact) mass is 325 g/mol. The minimum atomic E-state index is 0.260. The van der Waals surface area contributed by atoms with Gasteiger partial charge in [-0.1, -0.05) is 0 Å². The first kappa shape index (κ1) is 15.9. The lowest BCUT2D eigenvalue weighted by molar-refractivity contribution is -0.221. The van der Waals surface area contributed by atoms with Crippen LogP contribution in [0.2, 0.25) is 0 Å². The molecule has 5 N–H and O–H groups in total. The number of hydrogen-bond acceptors (Lipinski definition) is 4. The quantitative estimate of drug-likeness (QED) is 0.262. The summed E-state index contributed by atoms with van der Waals surface area (Å²) in [5, 5.41) is 10.3. The smallest absolute Gasteiger partial charge is 0.273 e. The minimum absolute atomic E-state index is 0.260. The number of nitrogens with zero attached hydrogens (tertiary/aromatic N) is 5. The van der Waals surface area contributed by atoms with Crippen molar-refractivity contribution in [3.8, 4) is 0 Å². The van der Waals surface area contributed by atoms with Crippen LogP contribution in [0.4, 0.5) is 5.82 Å². The molecule has 8 heteroatoms. The molecule has 3 aromatic rings. The molecule has 0 saturated carbocycles. The van der Waals surface area contributed by atoms with Crippen LogP contribution in [-0.2, 0) is 0 Å². The van der Waals surface area contributed by atoms with E-state index in [1.165, 1.54) is 0 Å². The van der Waals surface area contributed by atoms with Gasteiger partial charge in [0, 0.05) is 24.8 Å². The third-order valence-corrected chi connectivity index (χ3v) is 3.77.